The van der Waals surface area contributed by atoms with Crippen LogP contribution in [0.2, 0.25) is 0 Å². The number of rotatable bonds is 1. The number of hydrogen-bond donors (Lipinski definition) is 1. The predicted octanol–water partition coefficient (Wildman–Crippen LogP) is 2.37. The Bertz CT molecular complexity index is 676. The summed E-state index contributed by atoms with van der Waals surface area (Å²) >= 11 is 0. The van der Waals surface area contributed by atoms with E-state index in [4.69, 9.17) is 0 Å². The van der Waals surface area contributed by atoms with Crippen molar-refractivity contribution in [1.82, 2.24) is 9.97 Å². The van der Waals surface area contributed by atoms with Gasteiger partial charge in [-0.25, -0.2) is 9.37 Å². The topological polar surface area (TPSA) is 45.8 Å². The van der Waals surface area contributed by atoms with Crippen molar-refractivity contribution in [3.8, 4) is 11.4 Å². The number of benzene rings is 1. The van der Waals surface area contributed by atoms with E-state index in [0.29, 0.717) is 11.4 Å². The summed E-state index contributed by atoms with van der Waals surface area (Å²) in [5.74, 6) is 0.283. The van der Waals surface area contributed by atoms with Crippen molar-refractivity contribution < 1.29 is 4.39 Å². The fraction of sp³-hybridized carbons (Fsp3) is 0.286. The van der Waals surface area contributed by atoms with Gasteiger partial charge >= 0.3 is 0 Å². The summed E-state index contributed by atoms with van der Waals surface area (Å²) in [7, 11) is 0. The van der Waals surface area contributed by atoms with Crippen LogP contribution in [0, 0.1) is 12.7 Å². The molecule has 3 rings (SSSR count). The minimum Gasteiger partial charge on any atom is -0.306 e. The summed E-state index contributed by atoms with van der Waals surface area (Å²) in [6.45, 7) is 1.70. The zero-order valence-electron chi connectivity index (χ0n) is 10.1. The molecule has 3 nitrogen and oxygen atoms in total. The Hall–Kier alpha value is -1.97. The number of nitrogens with zero attached hydrogens (tertiary/aromatic N) is 1. The maximum absolute atomic E-state index is 13.2. The number of halogens is 1. The van der Waals surface area contributed by atoms with Gasteiger partial charge < -0.3 is 4.98 Å². The molecule has 0 atom stereocenters. The Morgan fingerprint density at radius 2 is 2.17 bits per heavy atom. The first-order valence-electron chi connectivity index (χ1n) is 6.04. The summed E-state index contributed by atoms with van der Waals surface area (Å²) in [4.78, 5) is 19.1. The molecule has 0 spiro atoms. The summed E-state index contributed by atoms with van der Waals surface area (Å²) < 4.78 is 13.2. The van der Waals surface area contributed by atoms with Crippen LogP contribution in [0.1, 0.15) is 23.2 Å². The average molecular weight is 244 g/mol. The maximum atomic E-state index is 13.2. The minimum absolute atomic E-state index is 0.0607. The molecule has 18 heavy (non-hydrogen) atoms. The molecule has 1 heterocycles. The fourth-order valence-electron chi connectivity index (χ4n) is 2.37. The zero-order chi connectivity index (χ0) is 12.7. The van der Waals surface area contributed by atoms with Crippen LogP contribution in [-0.4, -0.2) is 9.97 Å². The van der Waals surface area contributed by atoms with Crippen molar-refractivity contribution in [3.05, 3.63) is 51.2 Å². The molecule has 0 bridgehead atoms. The molecule has 0 saturated heterocycles. The Morgan fingerprint density at radius 3 is 2.94 bits per heavy atom. The monoisotopic (exact) mass is 244 g/mol. The summed E-state index contributed by atoms with van der Waals surface area (Å²) in [6, 6.07) is 4.74. The van der Waals surface area contributed by atoms with Gasteiger partial charge in [0, 0.05) is 11.1 Å². The predicted molar refractivity (Wildman–Crippen MR) is 67.0 cm³/mol. The summed E-state index contributed by atoms with van der Waals surface area (Å²) in [5, 5.41) is 0. The van der Waals surface area contributed by atoms with Crippen LogP contribution in [0.25, 0.3) is 11.4 Å². The van der Waals surface area contributed by atoms with E-state index in [1.807, 2.05) is 0 Å². The first-order valence-corrected chi connectivity index (χ1v) is 6.04. The van der Waals surface area contributed by atoms with E-state index in [2.05, 4.69) is 9.97 Å². The lowest BCUT2D eigenvalue weighted by Crippen LogP contribution is -2.15. The molecule has 0 amide bonds. The van der Waals surface area contributed by atoms with Gasteiger partial charge in [-0.1, -0.05) is 0 Å². The van der Waals surface area contributed by atoms with Crippen molar-refractivity contribution in [1.29, 1.82) is 0 Å². The van der Waals surface area contributed by atoms with Gasteiger partial charge in [0.2, 0.25) is 0 Å². The first-order chi connectivity index (χ1) is 8.65. The van der Waals surface area contributed by atoms with Crippen LogP contribution in [0.15, 0.2) is 23.0 Å². The van der Waals surface area contributed by atoms with E-state index in [1.165, 1.54) is 6.07 Å². The summed E-state index contributed by atoms with van der Waals surface area (Å²) in [5.41, 5.74) is 2.93. The molecule has 1 N–H and O–H groups in total. The number of H-pyrrole nitrogens is 1. The molecule has 0 radical (unpaired) electrons. The highest BCUT2D eigenvalue weighted by Gasteiger charge is 2.17. The molecule has 1 aromatic heterocycles. The first kappa shape index (κ1) is 11.1. The third-order valence-corrected chi connectivity index (χ3v) is 3.37. The minimum atomic E-state index is -0.248. The van der Waals surface area contributed by atoms with Crippen LogP contribution in [0.4, 0.5) is 4.39 Å². The van der Waals surface area contributed by atoms with Gasteiger partial charge in [-0.05, 0) is 49.9 Å². The van der Waals surface area contributed by atoms with Gasteiger partial charge in [0.05, 0.1) is 5.69 Å². The number of fused-ring (bicyclic) bond motifs is 1. The molecule has 1 aliphatic rings. The Kier molecular flexibility index (Phi) is 2.51. The van der Waals surface area contributed by atoms with Gasteiger partial charge in [-0.3, -0.25) is 4.79 Å². The SMILES string of the molecule is Cc1cc(-c2nc3c(c(=O)[nH]2)CCC3)ccc1F. The smallest absolute Gasteiger partial charge is 0.254 e. The number of hydrogen-bond acceptors (Lipinski definition) is 2. The van der Waals surface area contributed by atoms with Crippen LogP contribution in [0.5, 0.6) is 0 Å². The van der Waals surface area contributed by atoms with Crippen molar-refractivity contribution >= 4 is 0 Å². The highest BCUT2D eigenvalue weighted by atomic mass is 19.1. The molecular formula is C14H13FN2O. The maximum Gasteiger partial charge on any atom is 0.254 e. The van der Waals surface area contributed by atoms with Gasteiger partial charge in [0.25, 0.3) is 5.56 Å². The highest BCUT2D eigenvalue weighted by molar-refractivity contribution is 5.56. The quantitative estimate of drug-likeness (QED) is 0.837. The van der Waals surface area contributed by atoms with Gasteiger partial charge in [0.15, 0.2) is 0 Å². The van der Waals surface area contributed by atoms with Crippen LogP contribution in [-0.2, 0) is 12.8 Å². The molecule has 1 aliphatic carbocycles. The van der Waals surface area contributed by atoms with Crippen molar-refractivity contribution in [2.24, 2.45) is 0 Å². The van der Waals surface area contributed by atoms with Gasteiger partial charge in [-0.2, -0.15) is 0 Å². The van der Waals surface area contributed by atoms with Gasteiger partial charge in [-0.15, -0.1) is 0 Å². The molecule has 0 unspecified atom stereocenters. The van der Waals surface area contributed by atoms with Gasteiger partial charge in [0.1, 0.15) is 11.6 Å². The molecule has 0 aliphatic heterocycles. The Labute approximate surface area is 104 Å². The van der Waals surface area contributed by atoms with E-state index in [9.17, 15) is 9.18 Å². The van der Waals surface area contributed by atoms with Crippen LogP contribution >= 0.6 is 0 Å². The Balaban J connectivity index is 2.15. The molecule has 0 saturated carbocycles. The van der Waals surface area contributed by atoms with Crippen molar-refractivity contribution in [2.45, 2.75) is 26.2 Å². The normalized spacial score (nSPS) is 13.7. The lowest BCUT2D eigenvalue weighted by molar-refractivity contribution is 0.618. The molecule has 92 valence electrons. The third-order valence-electron chi connectivity index (χ3n) is 3.37. The molecule has 1 aromatic carbocycles. The molecule has 2 aromatic rings. The second-order valence-corrected chi connectivity index (χ2v) is 4.66. The number of aromatic nitrogens is 2. The Morgan fingerprint density at radius 1 is 1.33 bits per heavy atom. The number of aryl methyl sites for hydroxylation is 2. The average Bonchev–Trinajstić information content (AvgIpc) is 2.81. The highest BCUT2D eigenvalue weighted by Crippen LogP contribution is 2.21. The number of aromatic amines is 1. The standard InChI is InChI=1S/C14H13FN2O/c1-8-7-9(5-6-11(8)15)13-16-12-4-2-3-10(12)14(18)17-13/h5-7H,2-4H2,1H3,(H,16,17,18). The fourth-order valence-corrected chi connectivity index (χ4v) is 2.37. The molecule has 4 heteroatoms. The van der Waals surface area contributed by atoms with Crippen molar-refractivity contribution in [2.75, 3.05) is 0 Å². The van der Waals surface area contributed by atoms with E-state index < -0.39 is 0 Å². The zero-order valence-corrected chi connectivity index (χ0v) is 10.1. The number of nitrogens with one attached hydrogen (secondary N) is 1. The second-order valence-electron chi connectivity index (χ2n) is 4.66. The second kappa shape index (κ2) is 4.05. The molecule has 0 fully saturated rings. The van der Waals surface area contributed by atoms with Crippen LogP contribution in [0.3, 0.4) is 0 Å². The van der Waals surface area contributed by atoms with E-state index in [1.54, 1.807) is 19.1 Å². The largest absolute Gasteiger partial charge is 0.306 e. The lowest BCUT2D eigenvalue weighted by atomic mass is 10.1. The van der Waals surface area contributed by atoms with E-state index in [0.717, 1.165) is 36.1 Å². The molecular weight excluding hydrogens is 231 g/mol. The lowest BCUT2D eigenvalue weighted by Gasteiger charge is -2.05. The van der Waals surface area contributed by atoms with E-state index >= 15 is 0 Å². The van der Waals surface area contributed by atoms with E-state index in [-0.39, 0.29) is 11.4 Å². The van der Waals surface area contributed by atoms with Crippen LogP contribution < -0.4 is 5.56 Å². The third kappa shape index (κ3) is 1.74. The van der Waals surface area contributed by atoms with Crippen molar-refractivity contribution in [3.63, 3.8) is 0 Å². The summed E-state index contributed by atoms with van der Waals surface area (Å²) in [6.07, 6.45) is 2.64.